The smallest absolute Gasteiger partial charge is 0.333 e. The predicted molar refractivity (Wildman–Crippen MR) is 71.6 cm³/mol. The quantitative estimate of drug-likeness (QED) is 0.380. The number of nitrogens with one attached hydrogen (secondary N) is 2. The number of unbranched alkanes of at least 4 members (excludes halogenated alkanes) is 3. The van der Waals surface area contributed by atoms with Crippen molar-refractivity contribution in [2.45, 2.75) is 32.2 Å². The van der Waals surface area contributed by atoms with E-state index in [9.17, 15) is 19.2 Å². The molecule has 0 amide bonds. The van der Waals surface area contributed by atoms with Crippen LogP contribution >= 0.6 is 0 Å². The first kappa shape index (κ1) is 15.7. The van der Waals surface area contributed by atoms with E-state index in [0.29, 0.717) is 19.4 Å². The summed E-state index contributed by atoms with van der Waals surface area (Å²) in [6.45, 7) is 3.84. The summed E-state index contributed by atoms with van der Waals surface area (Å²) < 4.78 is 5.74. The predicted octanol–water partition coefficient (Wildman–Crippen LogP) is -0.485. The zero-order chi connectivity index (χ0) is 15.0. The van der Waals surface area contributed by atoms with Gasteiger partial charge in [0.05, 0.1) is 6.61 Å². The van der Waals surface area contributed by atoms with Crippen molar-refractivity contribution in [3.05, 3.63) is 44.1 Å². The van der Waals surface area contributed by atoms with Crippen molar-refractivity contribution >= 4 is 5.97 Å². The molecule has 20 heavy (non-hydrogen) atoms. The SMILES string of the molecule is C=CC(=O)OCCCCCCn1c(=O)[nH]c(=O)[nH]c1=O. The maximum atomic E-state index is 11.4. The fourth-order valence-corrected chi connectivity index (χ4v) is 1.61. The molecule has 1 rings (SSSR count). The average Bonchev–Trinajstić information content (AvgIpc) is 2.39. The highest BCUT2D eigenvalue weighted by molar-refractivity contribution is 5.81. The lowest BCUT2D eigenvalue weighted by molar-refractivity contribution is -0.137. The van der Waals surface area contributed by atoms with Gasteiger partial charge >= 0.3 is 23.0 Å². The molecule has 0 aliphatic heterocycles. The third-order valence-corrected chi connectivity index (χ3v) is 2.62. The summed E-state index contributed by atoms with van der Waals surface area (Å²) in [4.78, 5) is 48.3. The van der Waals surface area contributed by atoms with Crippen LogP contribution in [0.4, 0.5) is 0 Å². The largest absolute Gasteiger partial charge is 0.463 e. The summed E-state index contributed by atoms with van der Waals surface area (Å²) in [6.07, 6.45) is 4.01. The first-order valence-electron chi connectivity index (χ1n) is 6.27. The monoisotopic (exact) mass is 283 g/mol. The molecule has 1 aromatic heterocycles. The molecular weight excluding hydrogens is 266 g/mol. The van der Waals surface area contributed by atoms with E-state index in [1.165, 1.54) is 0 Å². The maximum absolute atomic E-state index is 11.4. The second-order valence-corrected chi connectivity index (χ2v) is 4.13. The highest BCUT2D eigenvalue weighted by Crippen LogP contribution is 2.01. The van der Waals surface area contributed by atoms with E-state index in [0.717, 1.165) is 23.5 Å². The standard InChI is InChI=1S/C12H17N3O5/c1-2-9(16)20-8-6-4-3-5-7-15-11(18)13-10(17)14-12(15)19/h2H,1,3-8H2,(H2,13,14,17,18,19). The van der Waals surface area contributed by atoms with Crippen LogP contribution in [0.5, 0.6) is 0 Å². The second kappa shape index (κ2) is 7.93. The minimum Gasteiger partial charge on any atom is -0.463 e. The lowest BCUT2D eigenvalue weighted by Gasteiger charge is -2.04. The molecule has 1 heterocycles. The van der Waals surface area contributed by atoms with E-state index in [-0.39, 0.29) is 6.54 Å². The summed E-state index contributed by atoms with van der Waals surface area (Å²) in [5, 5.41) is 0. The molecular formula is C12H17N3O5. The summed E-state index contributed by atoms with van der Waals surface area (Å²) in [7, 11) is 0. The van der Waals surface area contributed by atoms with Gasteiger partial charge in [0.25, 0.3) is 0 Å². The average molecular weight is 283 g/mol. The molecule has 2 N–H and O–H groups in total. The zero-order valence-electron chi connectivity index (χ0n) is 11.0. The molecule has 8 nitrogen and oxygen atoms in total. The van der Waals surface area contributed by atoms with Gasteiger partial charge in [-0.15, -0.1) is 0 Å². The second-order valence-electron chi connectivity index (χ2n) is 4.13. The highest BCUT2D eigenvalue weighted by Gasteiger charge is 2.02. The molecule has 0 aliphatic rings. The lowest BCUT2D eigenvalue weighted by atomic mass is 10.2. The van der Waals surface area contributed by atoms with Crippen molar-refractivity contribution in [1.29, 1.82) is 0 Å². The molecule has 0 saturated carbocycles. The van der Waals surface area contributed by atoms with E-state index in [1.807, 2.05) is 9.97 Å². The number of esters is 1. The van der Waals surface area contributed by atoms with Gasteiger partial charge in [-0.2, -0.15) is 0 Å². The number of carbonyl (C=O) groups is 1. The van der Waals surface area contributed by atoms with Crippen LogP contribution in [0.3, 0.4) is 0 Å². The summed E-state index contributed by atoms with van der Waals surface area (Å²) in [5.41, 5.74) is -2.22. The Morgan fingerprint density at radius 2 is 1.70 bits per heavy atom. The maximum Gasteiger partial charge on any atom is 0.333 e. The Balaban J connectivity index is 2.27. The minimum atomic E-state index is -0.805. The number of aromatic amines is 2. The number of hydrogen-bond donors (Lipinski definition) is 2. The molecule has 0 unspecified atom stereocenters. The number of nitrogens with zero attached hydrogens (tertiary/aromatic N) is 1. The zero-order valence-corrected chi connectivity index (χ0v) is 11.0. The van der Waals surface area contributed by atoms with Crippen molar-refractivity contribution < 1.29 is 9.53 Å². The van der Waals surface area contributed by atoms with Crippen molar-refractivity contribution in [2.75, 3.05) is 6.61 Å². The van der Waals surface area contributed by atoms with Crippen LogP contribution in [0.1, 0.15) is 25.7 Å². The number of ether oxygens (including phenoxy) is 1. The molecule has 0 aliphatic carbocycles. The van der Waals surface area contributed by atoms with Gasteiger partial charge < -0.3 is 4.74 Å². The van der Waals surface area contributed by atoms with Gasteiger partial charge in [0.2, 0.25) is 0 Å². The van der Waals surface area contributed by atoms with E-state index in [2.05, 4.69) is 6.58 Å². The van der Waals surface area contributed by atoms with Gasteiger partial charge in [-0.3, -0.25) is 9.97 Å². The van der Waals surface area contributed by atoms with Gasteiger partial charge in [-0.1, -0.05) is 13.0 Å². The van der Waals surface area contributed by atoms with Gasteiger partial charge in [-0.05, 0) is 19.3 Å². The van der Waals surface area contributed by atoms with Crippen LogP contribution in [0, 0.1) is 0 Å². The molecule has 0 aromatic carbocycles. The number of H-pyrrole nitrogens is 2. The van der Waals surface area contributed by atoms with Crippen molar-refractivity contribution in [3.8, 4) is 0 Å². The number of carbonyl (C=O) groups excluding carboxylic acids is 1. The third kappa shape index (κ3) is 5.09. The van der Waals surface area contributed by atoms with E-state index >= 15 is 0 Å². The fourth-order valence-electron chi connectivity index (χ4n) is 1.61. The topological polar surface area (TPSA) is 114 Å². The van der Waals surface area contributed by atoms with Crippen LogP contribution in [0.15, 0.2) is 27.0 Å². The van der Waals surface area contributed by atoms with Crippen LogP contribution in [-0.4, -0.2) is 27.1 Å². The lowest BCUT2D eigenvalue weighted by Crippen LogP contribution is -2.43. The number of rotatable bonds is 8. The molecule has 0 bridgehead atoms. The Morgan fingerprint density at radius 3 is 2.30 bits per heavy atom. The fraction of sp³-hybridized carbons (Fsp3) is 0.500. The molecule has 0 fully saturated rings. The Kier molecular flexibility index (Phi) is 6.21. The molecule has 0 spiro atoms. The molecule has 1 aromatic rings. The summed E-state index contributed by atoms with van der Waals surface area (Å²) in [6, 6.07) is 0. The highest BCUT2D eigenvalue weighted by atomic mass is 16.5. The Morgan fingerprint density at radius 1 is 1.10 bits per heavy atom. The van der Waals surface area contributed by atoms with Crippen LogP contribution in [-0.2, 0) is 16.1 Å². The molecule has 8 heteroatoms. The Hall–Kier alpha value is -2.38. The van der Waals surface area contributed by atoms with E-state index in [4.69, 9.17) is 4.74 Å². The van der Waals surface area contributed by atoms with Gasteiger partial charge in [0, 0.05) is 12.6 Å². The van der Waals surface area contributed by atoms with Crippen molar-refractivity contribution in [1.82, 2.24) is 14.5 Å². The molecule has 0 atom stereocenters. The minimum absolute atomic E-state index is 0.234. The van der Waals surface area contributed by atoms with Gasteiger partial charge in [0.1, 0.15) is 0 Å². The third-order valence-electron chi connectivity index (χ3n) is 2.62. The van der Waals surface area contributed by atoms with Crippen LogP contribution in [0.2, 0.25) is 0 Å². The Bertz CT molecular complexity index is 591. The Labute approximate surface area is 114 Å². The number of hydrogen-bond acceptors (Lipinski definition) is 5. The van der Waals surface area contributed by atoms with Gasteiger partial charge in [0.15, 0.2) is 0 Å². The van der Waals surface area contributed by atoms with Crippen LogP contribution in [0.25, 0.3) is 0 Å². The molecule has 0 radical (unpaired) electrons. The summed E-state index contributed by atoms with van der Waals surface area (Å²) >= 11 is 0. The number of aromatic nitrogens is 3. The van der Waals surface area contributed by atoms with E-state index < -0.39 is 23.0 Å². The normalized spacial score (nSPS) is 10.2. The first-order valence-corrected chi connectivity index (χ1v) is 6.27. The van der Waals surface area contributed by atoms with Crippen LogP contribution < -0.4 is 17.1 Å². The molecule has 110 valence electrons. The van der Waals surface area contributed by atoms with Crippen molar-refractivity contribution in [3.63, 3.8) is 0 Å². The molecule has 0 saturated heterocycles. The summed E-state index contributed by atoms with van der Waals surface area (Å²) in [5.74, 6) is -0.448. The van der Waals surface area contributed by atoms with Gasteiger partial charge in [-0.25, -0.2) is 23.7 Å². The van der Waals surface area contributed by atoms with E-state index in [1.54, 1.807) is 0 Å². The first-order chi connectivity index (χ1) is 9.54. The van der Waals surface area contributed by atoms with Crippen molar-refractivity contribution in [2.24, 2.45) is 0 Å².